The first-order valence-electron chi connectivity index (χ1n) is 10.1. The predicted octanol–water partition coefficient (Wildman–Crippen LogP) is 5.87. The first-order chi connectivity index (χ1) is 15.9. The van der Waals surface area contributed by atoms with Crippen molar-refractivity contribution in [1.29, 1.82) is 0 Å². The number of hydrazine groups is 1. The molecule has 33 heavy (non-hydrogen) atoms. The molecular weight excluding hydrogens is 506 g/mol. The van der Waals surface area contributed by atoms with Gasteiger partial charge in [-0.2, -0.15) is 0 Å². The lowest BCUT2D eigenvalue weighted by atomic mass is 9.98. The van der Waals surface area contributed by atoms with Gasteiger partial charge in [-0.15, -0.1) is 0 Å². The second-order valence-electron chi connectivity index (χ2n) is 7.58. The number of carbonyl (C=O) groups excluding carboxylic acids is 2. The van der Waals surface area contributed by atoms with E-state index in [0.717, 1.165) is 15.2 Å². The van der Waals surface area contributed by atoms with Gasteiger partial charge in [0.2, 0.25) is 0 Å². The summed E-state index contributed by atoms with van der Waals surface area (Å²) in [5.41, 5.74) is 4.52. The number of nitrogens with one attached hydrogen (secondary N) is 2. The summed E-state index contributed by atoms with van der Waals surface area (Å²) in [4.78, 5) is 26.6. The van der Waals surface area contributed by atoms with Crippen molar-refractivity contribution >= 4 is 55.8 Å². The summed E-state index contributed by atoms with van der Waals surface area (Å²) in [5.74, 6) is -0.889. The van der Waals surface area contributed by atoms with Crippen molar-refractivity contribution in [3.63, 3.8) is 0 Å². The van der Waals surface area contributed by atoms with Crippen molar-refractivity contribution in [2.45, 2.75) is 6.17 Å². The minimum Gasteiger partial charge on any atom is -0.507 e. The molecule has 0 radical (unpaired) electrons. The highest BCUT2D eigenvalue weighted by atomic mass is 79.9. The van der Waals surface area contributed by atoms with Gasteiger partial charge in [0.1, 0.15) is 5.75 Å². The van der Waals surface area contributed by atoms with Crippen LogP contribution < -0.4 is 10.7 Å². The Kier molecular flexibility index (Phi) is 5.44. The predicted molar refractivity (Wildman–Crippen MR) is 131 cm³/mol. The smallest absolute Gasteiger partial charge is 0.276 e. The Morgan fingerprint density at radius 2 is 1.79 bits per heavy atom. The average molecular weight is 523 g/mol. The molecule has 0 aromatic heterocycles. The van der Waals surface area contributed by atoms with E-state index in [4.69, 9.17) is 11.6 Å². The number of benzene rings is 4. The molecule has 1 aliphatic rings. The Hall–Kier alpha value is -3.55. The van der Waals surface area contributed by atoms with Crippen LogP contribution in [0.2, 0.25) is 5.02 Å². The van der Waals surface area contributed by atoms with Crippen LogP contribution in [0.1, 0.15) is 32.4 Å². The quantitative estimate of drug-likeness (QED) is 0.314. The highest BCUT2D eigenvalue weighted by Crippen LogP contribution is 2.40. The van der Waals surface area contributed by atoms with Crippen molar-refractivity contribution in [2.24, 2.45) is 0 Å². The number of fused-ring (bicyclic) bond motifs is 2. The van der Waals surface area contributed by atoms with E-state index in [1.807, 2.05) is 30.3 Å². The van der Waals surface area contributed by atoms with Gasteiger partial charge >= 0.3 is 0 Å². The molecule has 0 saturated carbocycles. The van der Waals surface area contributed by atoms with Crippen molar-refractivity contribution in [3.05, 3.63) is 105 Å². The summed E-state index contributed by atoms with van der Waals surface area (Å²) in [5, 5.41) is 17.5. The van der Waals surface area contributed by atoms with Gasteiger partial charge in [0, 0.05) is 26.3 Å². The monoisotopic (exact) mass is 521 g/mol. The molecule has 6 nitrogen and oxygen atoms in total. The van der Waals surface area contributed by atoms with Gasteiger partial charge in [0.15, 0.2) is 6.17 Å². The number of carbonyl (C=O) groups is 2. The maximum Gasteiger partial charge on any atom is 0.276 e. The number of nitrogens with zero attached hydrogens (tertiary/aromatic N) is 1. The van der Waals surface area contributed by atoms with Gasteiger partial charge in [-0.1, -0.05) is 57.9 Å². The Labute approximate surface area is 202 Å². The number of phenols is 1. The lowest BCUT2D eigenvalue weighted by molar-refractivity contribution is 0.0490. The SMILES string of the molecule is O=C(NN1C(=O)c2cc(Br)ccc2NC1c1c(O)ccc2ccccc12)c1ccc(Cl)cc1. The fourth-order valence-electron chi connectivity index (χ4n) is 3.94. The molecule has 2 amide bonds. The Bertz CT molecular complexity index is 1410. The van der Waals surface area contributed by atoms with Crippen LogP contribution in [0.3, 0.4) is 0 Å². The van der Waals surface area contributed by atoms with E-state index in [0.29, 0.717) is 27.4 Å². The number of hydrogen-bond donors (Lipinski definition) is 3. The zero-order chi connectivity index (χ0) is 23.1. The third-order valence-corrected chi connectivity index (χ3v) is 6.28. The number of phenolic OH excluding ortho intramolecular Hbond substituents is 1. The summed E-state index contributed by atoms with van der Waals surface area (Å²) in [7, 11) is 0. The van der Waals surface area contributed by atoms with Crippen LogP contribution >= 0.6 is 27.5 Å². The van der Waals surface area contributed by atoms with Crippen molar-refractivity contribution in [3.8, 4) is 5.75 Å². The van der Waals surface area contributed by atoms with Gasteiger partial charge in [-0.25, -0.2) is 5.01 Å². The lowest BCUT2D eigenvalue weighted by Gasteiger charge is -2.38. The van der Waals surface area contributed by atoms with Crippen LogP contribution in [-0.2, 0) is 0 Å². The molecular formula is C25H17BrClN3O3. The molecule has 0 saturated heterocycles. The molecule has 0 fully saturated rings. The number of aromatic hydroxyl groups is 1. The van der Waals surface area contributed by atoms with Gasteiger partial charge in [0.25, 0.3) is 11.8 Å². The Balaban J connectivity index is 1.64. The van der Waals surface area contributed by atoms with Gasteiger partial charge in [0.05, 0.1) is 5.56 Å². The molecule has 8 heteroatoms. The second kappa shape index (κ2) is 8.42. The van der Waals surface area contributed by atoms with Gasteiger partial charge < -0.3 is 10.4 Å². The van der Waals surface area contributed by atoms with E-state index >= 15 is 0 Å². The molecule has 3 N–H and O–H groups in total. The number of amides is 2. The minimum absolute atomic E-state index is 0.00491. The Morgan fingerprint density at radius 1 is 1.03 bits per heavy atom. The van der Waals surface area contributed by atoms with E-state index in [-0.39, 0.29) is 5.75 Å². The van der Waals surface area contributed by atoms with Gasteiger partial charge in [-0.3, -0.25) is 15.0 Å². The first kappa shape index (κ1) is 21.3. The summed E-state index contributed by atoms with van der Waals surface area (Å²) < 4.78 is 0.729. The fourth-order valence-corrected chi connectivity index (χ4v) is 4.43. The molecule has 1 unspecified atom stereocenters. The molecule has 164 valence electrons. The zero-order valence-corrected chi connectivity index (χ0v) is 19.4. The summed E-state index contributed by atoms with van der Waals surface area (Å²) >= 11 is 9.34. The molecule has 0 bridgehead atoms. The summed E-state index contributed by atoms with van der Waals surface area (Å²) in [6.07, 6.45) is -0.853. The maximum atomic E-state index is 13.6. The van der Waals surface area contributed by atoms with E-state index in [1.165, 1.54) is 5.01 Å². The zero-order valence-electron chi connectivity index (χ0n) is 17.0. The third-order valence-electron chi connectivity index (χ3n) is 5.53. The number of halogens is 2. The van der Waals surface area contributed by atoms with Crippen LogP contribution in [0.15, 0.2) is 83.3 Å². The molecule has 4 aromatic carbocycles. The first-order valence-corrected chi connectivity index (χ1v) is 11.3. The van der Waals surface area contributed by atoms with E-state index < -0.39 is 18.0 Å². The van der Waals surface area contributed by atoms with Gasteiger partial charge in [-0.05, 0) is 59.3 Å². The summed E-state index contributed by atoms with van der Waals surface area (Å²) in [6, 6.07) is 22.6. The van der Waals surface area contributed by atoms with Crippen LogP contribution in [0.5, 0.6) is 5.75 Å². The minimum atomic E-state index is -0.853. The molecule has 5 rings (SSSR count). The third kappa shape index (κ3) is 3.90. The summed E-state index contributed by atoms with van der Waals surface area (Å²) in [6.45, 7) is 0. The van der Waals surface area contributed by atoms with E-state index in [2.05, 4.69) is 26.7 Å². The van der Waals surface area contributed by atoms with E-state index in [9.17, 15) is 14.7 Å². The average Bonchev–Trinajstić information content (AvgIpc) is 2.82. The molecule has 1 aliphatic heterocycles. The van der Waals surface area contributed by atoms with Crippen LogP contribution in [0.25, 0.3) is 10.8 Å². The number of anilines is 1. The fraction of sp³-hybridized carbons (Fsp3) is 0.0400. The van der Waals surface area contributed by atoms with Crippen LogP contribution in [0, 0.1) is 0 Å². The second-order valence-corrected chi connectivity index (χ2v) is 8.93. The normalized spacial score (nSPS) is 15.2. The highest BCUT2D eigenvalue weighted by Gasteiger charge is 2.37. The standard InChI is InChI=1S/C25H17BrClN3O3/c26-16-8-11-20-19(13-16)25(33)30(29-24(32)15-5-9-17(27)10-6-15)23(28-20)22-18-4-2-1-3-14(18)7-12-21(22)31/h1-13,23,28,31H,(H,29,32). The number of rotatable bonds is 3. The van der Waals surface area contributed by atoms with Crippen LogP contribution in [0.4, 0.5) is 5.69 Å². The molecule has 0 spiro atoms. The molecule has 1 atom stereocenters. The van der Waals surface area contributed by atoms with Crippen molar-refractivity contribution in [1.82, 2.24) is 10.4 Å². The molecule has 4 aromatic rings. The lowest BCUT2D eigenvalue weighted by Crippen LogP contribution is -2.53. The van der Waals surface area contributed by atoms with E-state index in [1.54, 1.807) is 48.5 Å². The largest absolute Gasteiger partial charge is 0.507 e. The maximum absolute atomic E-state index is 13.6. The van der Waals surface area contributed by atoms with Crippen molar-refractivity contribution < 1.29 is 14.7 Å². The molecule has 0 aliphatic carbocycles. The molecule has 1 heterocycles. The van der Waals surface area contributed by atoms with Crippen molar-refractivity contribution in [2.75, 3.05) is 5.32 Å². The Morgan fingerprint density at radius 3 is 2.58 bits per heavy atom. The number of hydrogen-bond acceptors (Lipinski definition) is 4. The highest BCUT2D eigenvalue weighted by molar-refractivity contribution is 9.10. The van der Waals surface area contributed by atoms with Crippen LogP contribution in [-0.4, -0.2) is 21.9 Å². The topological polar surface area (TPSA) is 81.7 Å².